The SMILES string of the molecule is Cc1cnccc1N1CCCN(C(=O)c2cc3c([nH]c2=O)CCCC3)CC1. The largest absolute Gasteiger partial charge is 0.369 e. The molecule has 1 aliphatic carbocycles. The average molecular weight is 366 g/mol. The lowest BCUT2D eigenvalue weighted by Gasteiger charge is -2.25. The molecule has 4 rings (SSSR count). The molecule has 0 radical (unpaired) electrons. The Kier molecular flexibility index (Phi) is 4.97. The number of carbonyl (C=O) groups excluding carboxylic acids is 1. The molecule has 1 saturated heterocycles. The van der Waals surface area contributed by atoms with Crippen LogP contribution in [0.25, 0.3) is 0 Å². The molecule has 0 unspecified atom stereocenters. The highest BCUT2D eigenvalue weighted by atomic mass is 16.2. The highest BCUT2D eigenvalue weighted by Crippen LogP contribution is 2.22. The van der Waals surface area contributed by atoms with Crippen molar-refractivity contribution in [3.05, 3.63) is 57.3 Å². The fourth-order valence-corrected chi connectivity index (χ4v) is 4.19. The van der Waals surface area contributed by atoms with E-state index < -0.39 is 0 Å². The second-order valence-electron chi connectivity index (χ2n) is 7.52. The molecule has 1 aliphatic heterocycles. The smallest absolute Gasteiger partial charge is 0.261 e. The fraction of sp³-hybridized carbons (Fsp3) is 0.476. The minimum absolute atomic E-state index is 0.141. The Morgan fingerprint density at radius 3 is 2.81 bits per heavy atom. The van der Waals surface area contributed by atoms with Gasteiger partial charge in [-0.25, -0.2) is 0 Å². The highest BCUT2D eigenvalue weighted by Gasteiger charge is 2.24. The topological polar surface area (TPSA) is 69.3 Å². The third kappa shape index (κ3) is 3.61. The van der Waals surface area contributed by atoms with Crippen molar-refractivity contribution in [3.63, 3.8) is 0 Å². The zero-order valence-electron chi connectivity index (χ0n) is 15.8. The Morgan fingerprint density at radius 2 is 1.96 bits per heavy atom. The van der Waals surface area contributed by atoms with Crippen LogP contribution in [-0.2, 0) is 12.8 Å². The second kappa shape index (κ2) is 7.55. The molecule has 2 aliphatic rings. The number of H-pyrrole nitrogens is 1. The minimum atomic E-state index is -0.244. The molecule has 0 spiro atoms. The van der Waals surface area contributed by atoms with Crippen molar-refractivity contribution in [1.29, 1.82) is 0 Å². The molecule has 27 heavy (non-hydrogen) atoms. The van der Waals surface area contributed by atoms with E-state index in [0.717, 1.165) is 62.0 Å². The number of hydrogen-bond acceptors (Lipinski definition) is 4. The highest BCUT2D eigenvalue weighted by molar-refractivity contribution is 5.94. The van der Waals surface area contributed by atoms with Gasteiger partial charge < -0.3 is 14.8 Å². The van der Waals surface area contributed by atoms with Gasteiger partial charge >= 0.3 is 0 Å². The maximum atomic E-state index is 13.0. The maximum absolute atomic E-state index is 13.0. The van der Waals surface area contributed by atoms with E-state index in [-0.39, 0.29) is 11.5 Å². The van der Waals surface area contributed by atoms with E-state index in [1.165, 1.54) is 5.69 Å². The molecule has 3 heterocycles. The zero-order valence-corrected chi connectivity index (χ0v) is 15.8. The Labute approximate surface area is 159 Å². The van der Waals surface area contributed by atoms with Gasteiger partial charge in [-0.3, -0.25) is 14.6 Å². The number of pyridine rings is 2. The molecule has 142 valence electrons. The van der Waals surface area contributed by atoms with Crippen molar-refractivity contribution in [2.45, 2.75) is 39.0 Å². The summed E-state index contributed by atoms with van der Waals surface area (Å²) in [6, 6.07) is 3.87. The van der Waals surface area contributed by atoms with Crippen molar-refractivity contribution in [2.24, 2.45) is 0 Å². The molecule has 0 saturated carbocycles. The lowest BCUT2D eigenvalue weighted by atomic mass is 9.95. The van der Waals surface area contributed by atoms with Crippen LogP contribution in [0.2, 0.25) is 0 Å². The number of rotatable bonds is 2. The predicted octanol–water partition coefficient (Wildman–Crippen LogP) is 2.31. The van der Waals surface area contributed by atoms with Crippen LogP contribution in [-0.4, -0.2) is 47.0 Å². The Balaban J connectivity index is 1.52. The van der Waals surface area contributed by atoms with Crippen LogP contribution in [0, 0.1) is 6.92 Å². The van der Waals surface area contributed by atoms with Gasteiger partial charge in [0.15, 0.2) is 0 Å². The van der Waals surface area contributed by atoms with Gasteiger partial charge in [-0.1, -0.05) is 0 Å². The van der Waals surface area contributed by atoms with Crippen LogP contribution in [0.5, 0.6) is 0 Å². The Bertz CT molecular complexity index is 905. The molecular weight excluding hydrogens is 340 g/mol. The standard InChI is InChI=1S/C21H26N4O2/c1-15-14-22-8-7-19(15)24-9-4-10-25(12-11-24)21(27)17-13-16-5-2-3-6-18(16)23-20(17)26/h7-8,13-14H,2-6,9-12H2,1H3,(H,23,26). The molecule has 2 aromatic heterocycles. The lowest BCUT2D eigenvalue weighted by molar-refractivity contribution is 0.0765. The first-order valence-electron chi connectivity index (χ1n) is 9.83. The van der Waals surface area contributed by atoms with Crippen LogP contribution in [0.15, 0.2) is 29.3 Å². The number of hydrogen-bond donors (Lipinski definition) is 1. The summed E-state index contributed by atoms with van der Waals surface area (Å²) in [5.74, 6) is -0.141. The van der Waals surface area contributed by atoms with Crippen molar-refractivity contribution < 1.29 is 4.79 Å². The molecule has 0 aromatic carbocycles. The number of carbonyl (C=O) groups is 1. The van der Waals surface area contributed by atoms with Crippen molar-refractivity contribution in [3.8, 4) is 0 Å². The van der Waals surface area contributed by atoms with Gasteiger partial charge in [0.05, 0.1) is 0 Å². The number of nitrogens with one attached hydrogen (secondary N) is 1. The number of aromatic amines is 1. The fourth-order valence-electron chi connectivity index (χ4n) is 4.19. The monoisotopic (exact) mass is 366 g/mol. The first-order chi connectivity index (χ1) is 13.1. The van der Waals surface area contributed by atoms with Gasteiger partial charge in [0, 0.05) is 50.0 Å². The quantitative estimate of drug-likeness (QED) is 0.886. The summed E-state index contributed by atoms with van der Waals surface area (Å²) in [5.41, 5.74) is 4.51. The predicted molar refractivity (Wildman–Crippen MR) is 105 cm³/mol. The number of amides is 1. The molecular formula is C21H26N4O2. The molecule has 6 heteroatoms. The van der Waals surface area contributed by atoms with E-state index in [1.54, 1.807) is 0 Å². The third-order valence-electron chi connectivity index (χ3n) is 5.68. The van der Waals surface area contributed by atoms with Crippen molar-refractivity contribution in [2.75, 3.05) is 31.1 Å². The van der Waals surface area contributed by atoms with Gasteiger partial charge in [0.2, 0.25) is 0 Å². The molecule has 0 atom stereocenters. The summed E-state index contributed by atoms with van der Waals surface area (Å²) in [7, 11) is 0. The number of aryl methyl sites for hydroxylation is 3. The van der Waals surface area contributed by atoms with Crippen LogP contribution >= 0.6 is 0 Å². The van der Waals surface area contributed by atoms with Crippen LogP contribution < -0.4 is 10.5 Å². The molecule has 1 fully saturated rings. The first-order valence-corrected chi connectivity index (χ1v) is 9.83. The zero-order chi connectivity index (χ0) is 18.8. The summed E-state index contributed by atoms with van der Waals surface area (Å²) in [4.78, 5) is 36.8. The molecule has 2 aromatic rings. The number of aromatic nitrogens is 2. The summed E-state index contributed by atoms with van der Waals surface area (Å²) in [5, 5.41) is 0. The Hall–Kier alpha value is -2.63. The first kappa shape index (κ1) is 17.8. The van der Waals surface area contributed by atoms with E-state index >= 15 is 0 Å². The molecule has 1 amide bonds. The molecule has 6 nitrogen and oxygen atoms in total. The van der Waals surface area contributed by atoms with Gasteiger partial charge in [-0.05, 0) is 62.3 Å². The van der Waals surface area contributed by atoms with E-state index in [9.17, 15) is 9.59 Å². The van der Waals surface area contributed by atoms with Crippen molar-refractivity contribution >= 4 is 11.6 Å². The lowest BCUT2D eigenvalue weighted by Crippen LogP contribution is -2.38. The Morgan fingerprint density at radius 1 is 1.11 bits per heavy atom. The number of fused-ring (bicyclic) bond motifs is 1. The van der Waals surface area contributed by atoms with Crippen molar-refractivity contribution in [1.82, 2.24) is 14.9 Å². The van der Waals surface area contributed by atoms with Crippen LogP contribution in [0.3, 0.4) is 0 Å². The summed E-state index contributed by atoms with van der Waals surface area (Å²) >= 11 is 0. The van der Waals surface area contributed by atoms with Gasteiger partial charge in [0.25, 0.3) is 11.5 Å². The van der Waals surface area contributed by atoms with E-state index in [4.69, 9.17) is 0 Å². The third-order valence-corrected chi connectivity index (χ3v) is 5.68. The number of anilines is 1. The van der Waals surface area contributed by atoms with Gasteiger partial charge in [-0.15, -0.1) is 0 Å². The normalized spacial score (nSPS) is 17.4. The van der Waals surface area contributed by atoms with Crippen LogP contribution in [0.4, 0.5) is 5.69 Å². The summed E-state index contributed by atoms with van der Waals surface area (Å²) < 4.78 is 0. The van der Waals surface area contributed by atoms with Gasteiger partial charge in [0.1, 0.15) is 5.56 Å². The maximum Gasteiger partial charge on any atom is 0.261 e. The molecule has 0 bridgehead atoms. The summed E-state index contributed by atoms with van der Waals surface area (Å²) in [6.07, 6.45) is 8.64. The minimum Gasteiger partial charge on any atom is -0.369 e. The molecule has 1 N–H and O–H groups in total. The summed E-state index contributed by atoms with van der Waals surface area (Å²) in [6.45, 7) is 5.02. The van der Waals surface area contributed by atoms with Crippen LogP contribution in [0.1, 0.15) is 46.4 Å². The van der Waals surface area contributed by atoms with E-state index in [0.29, 0.717) is 18.7 Å². The second-order valence-corrected chi connectivity index (χ2v) is 7.52. The van der Waals surface area contributed by atoms with E-state index in [2.05, 4.69) is 21.8 Å². The van der Waals surface area contributed by atoms with Gasteiger partial charge in [-0.2, -0.15) is 0 Å². The van der Waals surface area contributed by atoms with E-state index in [1.807, 2.05) is 29.4 Å². The number of nitrogens with zero attached hydrogens (tertiary/aromatic N) is 3. The average Bonchev–Trinajstić information content (AvgIpc) is 2.93.